The zero-order valence-corrected chi connectivity index (χ0v) is 16.9. The highest BCUT2D eigenvalue weighted by Crippen LogP contribution is 2.34. The number of nitrogens with two attached hydrogens (primary N) is 1. The first-order valence-electron chi connectivity index (χ1n) is 7.69. The smallest absolute Gasteiger partial charge is 0.255 e. The SMILES string of the molecule is Cl.Cl.NCC1CCCN1C(=O)c1ccc(Oc2cccc(Cl)c2Cl)nc1. The maximum Gasteiger partial charge on any atom is 0.255 e. The van der Waals surface area contributed by atoms with Gasteiger partial charge in [0.1, 0.15) is 10.8 Å². The molecule has 0 spiro atoms. The number of amides is 1. The average molecular weight is 439 g/mol. The van der Waals surface area contributed by atoms with Gasteiger partial charge < -0.3 is 15.4 Å². The Morgan fingerprint density at radius 2 is 2.04 bits per heavy atom. The molecule has 2 aromatic rings. The summed E-state index contributed by atoms with van der Waals surface area (Å²) < 4.78 is 5.62. The first-order chi connectivity index (χ1) is 11.6. The zero-order valence-electron chi connectivity index (χ0n) is 13.7. The van der Waals surface area contributed by atoms with Crippen molar-refractivity contribution in [3.8, 4) is 11.6 Å². The van der Waals surface area contributed by atoms with Gasteiger partial charge >= 0.3 is 0 Å². The van der Waals surface area contributed by atoms with E-state index in [2.05, 4.69) is 4.98 Å². The number of halogens is 4. The average Bonchev–Trinajstić information content (AvgIpc) is 3.08. The van der Waals surface area contributed by atoms with Crippen LogP contribution < -0.4 is 10.5 Å². The minimum absolute atomic E-state index is 0. The van der Waals surface area contributed by atoms with E-state index in [0.717, 1.165) is 19.4 Å². The molecule has 2 N–H and O–H groups in total. The first-order valence-corrected chi connectivity index (χ1v) is 8.44. The highest BCUT2D eigenvalue weighted by Gasteiger charge is 2.28. The largest absolute Gasteiger partial charge is 0.437 e. The predicted octanol–water partition coefficient (Wildman–Crippen LogP) is 4.59. The molecule has 142 valence electrons. The first kappa shape index (κ1) is 22.8. The number of likely N-dealkylation sites (tertiary alicyclic amines) is 1. The quantitative estimate of drug-likeness (QED) is 0.757. The maximum atomic E-state index is 12.5. The Bertz CT molecular complexity index is 743. The van der Waals surface area contributed by atoms with E-state index in [9.17, 15) is 4.79 Å². The number of hydrogen-bond donors (Lipinski definition) is 1. The molecule has 1 aliphatic heterocycles. The van der Waals surface area contributed by atoms with E-state index in [-0.39, 0.29) is 36.8 Å². The topological polar surface area (TPSA) is 68.5 Å². The van der Waals surface area contributed by atoms with Crippen molar-refractivity contribution < 1.29 is 9.53 Å². The third-order valence-electron chi connectivity index (χ3n) is 4.02. The Labute approximate surface area is 174 Å². The molecule has 1 aromatic heterocycles. The molecular formula is C17H19Cl4N3O2. The molecule has 2 heterocycles. The highest BCUT2D eigenvalue weighted by molar-refractivity contribution is 6.42. The second-order valence-corrected chi connectivity index (χ2v) is 6.35. The molecular weight excluding hydrogens is 420 g/mol. The van der Waals surface area contributed by atoms with Gasteiger partial charge in [0.25, 0.3) is 5.91 Å². The van der Waals surface area contributed by atoms with E-state index in [4.69, 9.17) is 33.7 Å². The van der Waals surface area contributed by atoms with E-state index in [1.165, 1.54) is 6.20 Å². The molecule has 3 rings (SSSR count). The van der Waals surface area contributed by atoms with Gasteiger partial charge in [0.05, 0.1) is 10.6 Å². The van der Waals surface area contributed by atoms with E-state index in [0.29, 0.717) is 33.8 Å². The van der Waals surface area contributed by atoms with Crippen molar-refractivity contribution in [2.24, 2.45) is 5.73 Å². The van der Waals surface area contributed by atoms with Crippen LogP contribution in [0.25, 0.3) is 0 Å². The summed E-state index contributed by atoms with van der Waals surface area (Å²) in [6.45, 7) is 1.21. The van der Waals surface area contributed by atoms with Crippen molar-refractivity contribution in [3.63, 3.8) is 0 Å². The van der Waals surface area contributed by atoms with Crippen molar-refractivity contribution in [1.82, 2.24) is 9.88 Å². The lowest BCUT2D eigenvalue weighted by molar-refractivity contribution is 0.0740. The van der Waals surface area contributed by atoms with Crippen LogP contribution in [0.1, 0.15) is 23.2 Å². The lowest BCUT2D eigenvalue weighted by atomic mass is 10.2. The molecule has 1 aliphatic rings. The number of carbonyl (C=O) groups excluding carboxylic acids is 1. The third-order valence-corrected chi connectivity index (χ3v) is 4.83. The summed E-state index contributed by atoms with van der Waals surface area (Å²) in [6.07, 6.45) is 3.43. The summed E-state index contributed by atoms with van der Waals surface area (Å²) in [4.78, 5) is 18.5. The monoisotopic (exact) mass is 437 g/mol. The normalized spacial score (nSPS) is 15.8. The Morgan fingerprint density at radius 1 is 1.27 bits per heavy atom. The van der Waals surface area contributed by atoms with Gasteiger partial charge in [0.15, 0.2) is 0 Å². The second kappa shape index (κ2) is 10.2. The van der Waals surface area contributed by atoms with Gasteiger partial charge in [-0.1, -0.05) is 29.3 Å². The number of carbonyl (C=O) groups is 1. The van der Waals surface area contributed by atoms with Crippen molar-refractivity contribution >= 4 is 53.9 Å². The van der Waals surface area contributed by atoms with Gasteiger partial charge in [-0.15, -0.1) is 24.8 Å². The summed E-state index contributed by atoms with van der Waals surface area (Å²) in [6, 6.07) is 8.55. The van der Waals surface area contributed by atoms with E-state index in [1.807, 2.05) is 4.90 Å². The van der Waals surface area contributed by atoms with Crippen LogP contribution in [0, 0.1) is 0 Å². The van der Waals surface area contributed by atoms with Gasteiger partial charge in [-0.05, 0) is 31.0 Å². The highest BCUT2D eigenvalue weighted by atomic mass is 35.5. The van der Waals surface area contributed by atoms with Crippen molar-refractivity contribution in [1.29, 1.82) is 0 Å². The van der Waals surface area contributed by atoms with Crippen LogP contribution >= 0.6 is 48.0 Å². The van der Waals surface area contributed by atoms with Gasteiger partial charge in [0, 0.05) is 31.4 Å². The number of aromatic nitrogens is 1. The molecule has 1 atom stereocenters. The zero-order chi connectivity index (χ0) is 17.1. The summed E-state index contributed by atoms with van der Waals surface area (Å²) >= 11 is 12.0. The van der Waals surface area contributed by atoms with Crippen molar-refractivity contribution in [3.05, 3.63) is 52.1 Å². The number of hydrogen-bond acceptors (Lipinski definition) is 4. The molecule has 0 bridgehead atoms. The van der Waals surface area contributed by atoms with Gasteiger partial charge in [-0.2, -0.15) is 0 Å². The van der Waals surface area contributed by atoms with Crippen LogP contribution in [0.5, 0.6) is 11.6 Å². The fourth-order valence-corrected chi connectivity index (χ4v) is 3.09. The van der Waals surface area contributed by atoms with Crippen molar-refractivity contribution in [2.45, 2.75) is 18.9 Å². The third kappa shape index (κ3) is 4.93. The molecule has 0 saturated carbocycles. The number of rotatable bonds is 4. The Morgan fingerprint density at radius 3 is 2.69 bits per heavy atom. The van der Waals surface area contributed by atoms with Crippen LogP contribution in [-0.2, 0) is 0 Å². The van der Waals surface area contributed by atoms with Gasteiger partial charge in [0.2, 0.25) is 5.88 Å². The molecule has 1 amide bonds. The maximum absolute atomic E-state index is 12.5. The molecule has 1 aromatic carbocycles. The molecule has 26 heavy (non-hydrogen) atoms. The molecule has 1 unspecified atom stereocenters. The summed E-state index contributed by atoms with van der Waals surface area (Å²) in [7, 11) is 0. The Kier molecular flexibility index (Phi) is 8.93. The van der Waals surface area contributed by atoms with E-state index in [1.54, 1.807) is 30.3 Å². The Hall–Kier alpha value is -1.24. The van der Waals surface area contributed by atoms with E-state index < -0.39 is 0 Å². The second-order valence-electron chi connectivity index (χ2n) is 5.57. The van der Waals surface area contributed by atoms with Crippen molar-refractivity contribution in [2.75, 3.05) is 13.1 Å². The lowest BCUT2D eigenvalue weighted by Gasteiger charge is -2.23. The van der Waals surface area contributed by atoms with Gasteiger partial charge in [-0.3, -0.25) is 4.79 Å². The van der Waals surface area contributed by atoms with Crippen LogP contribution in [0.3, 0.4) is 0 Å². The summed E-state index contributed by atoms with van der Waals surface area (Å²) in [5.74, 6) is 0.703. The van der Waals surface area contributed by atoms with Crippen LogP contribution in [0.2, 0.25) is 10.0 Å². The molecule has 1 saturated heterocycles. The number of pyridine rings is 1. The molecule has 0 radical (unpaired) electrons. The van der Waals surface area contributed by atoms with Crippen LogP contribution in [0.15, 0.2) is 36.5 Å². The standard InChI is InChI=1S/C17H17Cl2N3O2.2ClH/c18-13-4-1-5-14(16(13)19)24-15-7-6-11(10-21-15)17(23)22-8-2-3-12(22)9-20;;/h1,4-7,10,12H,2-3,8-9,20H2;2*1H. The molecule has 9 heteroatoms. The van der Waals surface area contributed by atoms with Crippen LogP contribution in [-0.4, -0.2) is 34.9 Å². The number of nitrogens with zero attached hydrogens (tertiary/aromatic N) is 2. The number of ether oxygens (including phenoxy) is 1. The molecule has 5 nitrogen and oxygen atoms in total. The lowest BCUT2D eigenvalue weighted by Crippen LogP contribution is -2.39. The minimum atomic E-state index is -0.0530. The fraction of sp³-hybridized carbons (Fsp3) is 0.294. The molecule has 0 aliphatic carbocycles. The summed E-state index contributed by atoms with van der Waals surface area (Å²) in [5.41, 5.74) is 6.24. The minimum Gasteiger partial charge on any atom is -0.437 e. The summed E-state index contributed by atoms with van der Waals surface area (Å²) in [5, 5.41) is 0.729. The van der Waals surface area contributed by atoms with Gasteiger partial charge in [-0.25, -0.2) is 4.98 Å². The molecule has 1 fully saturated rings. The van der Waals surface area contributed by atoms with E-state index >= 15 is 0 Å². The van der Waals surface area contributed by atoms with Crippen LogP contribution in [0.4, 0.5) is 0 Å². The Balaban J connectivity index is 0.00000169. The fourth-order valence-electron chi connectivity index (χ4n) is 2.76. The number of benzene rings is 1. The predicted molar refractivity (Wildman–Crippen MR) is 108 cm³/mol.